The number of anilines is 2. The third kappa shape index (κ3) is 7.47. The summed E-state index contributed by atoms with van der Waals surface area (Å²) < 4.78 is 7.03. The Morgan fingerprint density at radius 1 is 0.783 bits per heavy atom. The van der Waals surface area contributed by atoms with E-state index < -0.39 is 0 Å². The Kier molecular flexibility index (Phi) is 10.4. The third-order valence-corrected chi connectivity index (χ3v) is 10.6. The zero-order valence-electron chi connectivity index (χ0n) is 28.3. The lowest BCUT2D eigenvalue weighted by Gasteiger charge is -2.41. The number of benzene rings is 3. The van der Waals surface area contributed by atoms with Crippen LogP contribution in [0.1, 0.15) is 80.7 Å². The van der Waals surface area contributed by atoms with Gasteiger partial charge in [0.15, 0.2) is 0 Å². The van der Waals surface area contributed by atoms with Crippen LogP contribution in [0.5, 0.6) is 0 Å². The van der Waals surface area contributed by atoms with Gasteiger partial charge in [0.2, 0.25) is 11.8 Å². The minimum Gasteiger partial charge on any atom is -0.423 e. The highest BCUT2D eigenvalue weighted by molar-refractivity contribution is 6.30. The molecule has 0 radical (unpaired) electrons. The second-order valence-electron chi connectivity index (χ2n) is 14.3. The fourth-order valence-corrected chi connectivity index (χ4v) is 8.53. The molecule has 2 aliphatic rings. The van der Waals surface area contributed by atoms with E-state index in [1.807, 2.05) is 12.1 Å². The number of rotatable bonds is 10. The average molecular weight is 639 g/mol. The van der Waals surface area contributed by atoms with Gasteiger partial charge in [0.05, 0.1) is 0 Å². The fraction of sp³-hybridized carbons (Fsp3) is 0.475. The van der Waals surface area contributed by atoms with Crippen molar-refractivity contribution in [1.82, 2.24) is 9.88 Å². The molecule has 1 saturated heterocycles. The summed E-state index contributed by atoms with van der Waals surface area (Å²) in [5.41, 5.74) is 4.89. The van der Waals surface area contributed by atoms with Gasteiger partial charge >= 0.3 is 0 Å². The van der Waals surface area contributed by atoms with Gasteiger partial charge in [-0.05, 0) is 105 Å². The Balaban J connectivity index is 1.33. The van der Waals surface area contributed by atoms with E-state index in [-0.39, 0.29) is 6.04 Å². The van der Waals surface area contributed by atoms with Crippen LogP contribution in [0.2, 0.25) is 5.02 Å². The molecule has 6 heteroatoms. The maximum absolute atomic E-state index is 7.03. The smallest absolute Gasteiger partial charge is 0.220 e. The molecule has 1 aliphatic heterocycles. The molecule has 0 spiro atoms. The molecule has 5 nitrogen and oxygen atoms in total. The molecule has 1 aliphatic carbocycles. The van der Waals surface area contributed by atoms with Gasteiger partial charge in [0.25, 0.3) is 0 Å². The van der Waals surface area contributed by atoms with E-state index in [1.54, 1.807) is 0 Å². The van der Waals surface area contributed by atoms with Crippen LogP contribution in [0.4, 0.5) is 11.6 Å². The van der Waals surface area contributed by atoms with Crippen LogP contribution < -0.4 is 9.80 Å². The van der Waals surface area contributed by atoms with Crippen LogP contribution in [0.25, 0.3) is 0 Å². The summed E-state index contributed by atoms with van der Waals surface area (Å²) in [5, 5.41) is 0.794. The number of hydrogen-bond donors (Lipinski definition) is 0. The third-order valence-electron chi connectivity index (χ3n) is 10.4. The summed E-state index contributed by atoms with van der Waals surface area (Å²) in [4.78, 5) is 12.7. The highest BCUT2D eigenvalue weighted by Gasteiger charge is 2.39. The van der Waals surface area contributed by atoms with Crippen molar-refractivity contribution in [3.8, 4) is 0 Å². The largest absolute Gasteiger partial charge is 0.423 e. The van der Waals surface area contributed by atoms with Gasteiger partial charge in [0.1, 0.15) is 11.7 Å². The molecule has 3 aromatic carbocycles. The highest BCUT2D eigenvalue weighted by Crippen LogP contribution is 2.46. The lowest BCUT2D eigenvalue weighted by molar-refractivity contribution is 0.135. The van der Waals surface area contributed by atoms with Crippen molar-refractivity contribution in [2.24, 2.45) is 23.7 Å². The summed E-state index contributed by atoms with van der Waals surface area (Å²) in [5.74, 6) is 4.12. The predicted octanol–water partition coefficient (Wildman–Crippen LogP) is 9.69. The minimum atomic E-state index is 0.0552. The SMILES string of the molecule is CC1CC(C)CN(c2oc(C(C3CCC(C(c4ccc(Cl)cc4)N(C)C)CC3)N(C)c3ccccc3)nc2Cc2ccccc2)C1. The van der Waals surface area contributed by atoms with Crippen molar-refractivity contribution in [2.45, 2.75) is 64.5 Å². The van der Waals surface area contributed by atoms with Crippen LogP contribution in [0, 0.1) is 23.7 Å². The molecular weight excluding hydrogens is 588 g/mol. The second-order valence-corrected chi connectivity index (χ2v) is 14.8. The van der Waals surface area contributed by atoms with E-state index >= 15 is 0 Å². The van der Waals surface area contributed by atoms with E-state index in [9.17, 15) is 0 Å². The fourth-order valence-electron chi connectivity index (χ4n) is 8.40. The maximum atomic E-state index is 7.03. The van der Waals surface area contributed by atoms with Crippen molar-refractivity contribution in [3.63, 3.8) is 0 Å². The van der Waals surface area contributed by atoms with Gasteiger partial charge < -0.3 is 19.1 Å². The zero-order valence-corrected chi connectivity index (χ0v) is 29.0. The average Bonchev–Trinajstić information content (AvgIpc) is 3.46. The molecule has 2 heterocycles. The molecule has 1 saturated carbocycles. The van der Waals surface area contributed by atoms with E-state index in [0.717, 1.165) is 54.8 Å². The van der Waals surface area contributed by atoms with Crippen LogP contribution >= 0.6 is 11.6 Å². The van der Waals surface area contributed by atoms with Gasteiger partial charge in [-0.3, -0.25) is 0 Å². The number of aromatic nitrogens is 1. The van der Waals surface area contributed by atoms with Gasteiger partial charge in [-0.1, -0.05) is 86.1 Å². The first-order valence-electron chi connectivity index (χ1n) is 17.2. The first-order chi connectivity index (χ1) is 22.3. The molecule has 6 rings (SSSR count). The Morgan fingerprint density at radius 2 is 1.35 bits per heavy atom. The van der Waals surface area contributed by atoms with Crippen LogP contribution in [-0.2, 0) is 6.42 Å². The zero-order chi connectivity index (χ0) is 32.2. The van der Waals surface area contributed by atoms with Crippen molar-refractivity contribution < 1.29 is 4.42 Å². The minimum absolute atomic E-state index is 0.0552. The predicted molar refractivity (Wildman–Crippen MR) is 192 cm³/mol. The summed E-state index contributed by atoms with van der Waals surface area (Å²) in [6, 6.07) is 30.4. The first-order valence-corrected chi connectivity index (χ1v) is 17.6. The van der Waals surface area contributed by atoms with Gasteiger partial charge in [0, 0.05) is 43.3 Å². The molecule has 0 bridgehead atoms. The number of halogens is 1. The number of para-hydroxylation sites is 1. The molecule has 0 N–H and O–H groups in total. The number of piperidine rings is 1. The van der Waals surface area contributed by atoms with Gasteiger partial charge in [-0.25, -0.2) is 4.98 Å². The molecule has 4 unspecified atom stereocenters. The van der Waals surface area contributed by atoms with Crippen LogP contribution in [-0.4, -0.2) is 44.1 Å². The van der Waals surface area contributed by atoms with Crippen molar-refractivity contribution >= 4 is 23.2 Å². The lowest BCUT2D eigenvalue weighted by Crippen LogP contribution is -2.39. The summed E-state index contributed by atoms with van der Waals surface area (Å²) in [6.07, 6.45) is 6.64. The Morgan fingerprint density at radius 3 is 1.93 bits per heavy atom. The van der Waals surface area contributed by atoms with Gasteiger partial charge in [-0.15, -0.1) is 0 Å². The van der Waals surface area contributed by atoms with Crippen LogP contribution in [0.3, 0.4) is 0 Å². The molecule has 46 heavy (non-hydrogen) atoms. The molecular formula is C40H51ClN4O. The second kappa shape index (κ2) is 14.6. The number of oxazole rings is 1. The molecule has 0 amide bonds. The maximum Gasteiger partial charge on any atom is 0.220 e. The summed E-state index contributed by atoms with van der Waals surface area (Å²) >= 11 is 6.26. The Hall–Kier alpha value is -3.28. The Labute approximate surface area is 281 Å². The van der Waals surface area contributed by atoms with E-state index in [4.69, 9.17) is 21.0 Å². The monoisotopic (exact) mass is 638 g/mol. The van der Waals surface area contributed by atoms with Gasteiger partial charge in [-0.2, -0.15) is 0 Å². The quantitative estimate of drug-likeness (QED) is 0.173. The molecule has 4 atom stereocenters. The topological polar surface area (TPSA) is 35.8 Å². The van der Waals surface area contributed by atoms with E-state index in [0.29, 0.717) is 29.7 Å². The summed E-state index contributed by atoms with van der Waals surface area (Å²) in [6.45, 7) is 6.77. The van der Waals surface area contributed by atoms with Crippen molar-refractivity contribution in [1.29, 1.82) is 0 Å². The molecule has 244 valence electrons. The van der Waals surface area contributed by atoms with Crippen LogP contribution in [0.15, 0.2) is 89.3 Å². The molecule has 2 fully saturated rings. The van der Waals surface area contributed by atoms with Crippen molar-refractivity contribution in [2.75, 3.05) is 44.0 Å². The van der Waals surface area contributed by atoms with Crippen molar-refractivity contribution in [3.05, 3.63) is 113 Å². The van der Waals surface area contributed by atoms with E-state index in [2.05, 4.69) is 122 Å². The first kappa shape index (κ1) is 32.7. The number of hydrogen-bond acceptors (Lipinski definition) is 5. The normalized spacial score (nSPS) is 23.3. The lowest BCUT2D eigenvalue weighted by atomic mass is 9.73. The Bertz CT molecular complexity index is 1500. The molecule has 1 aromatic heterocycles. The highest BCUT2D eigenvalue weighted by atomic mass is 35.5. The molecule has 4 aromatic rings. The van der Waals surface area contributed by atoms with E-state index in [1.165, 1.54) is 36.1 Å². The summed E-state index contributed by atoms with van der Waals surface area (Å²) in [7, 11) is 6.65. The number of nitrogens with zero attached hydrogens (tertiary/aromatic N) is 4. The standard InChI is InChI=1S/C40H51ClN4O/c1-28-24-29(2)27-45(26-28)40-36(25-30-12-8-6-9-13-30)42-39(46-40)38(44(5)35-14-10-7-11-15-35)33-18-16-31(17-19-33)37(43(3)4)32-20-22-34(41)23-21-32/h6-15,20-23,28-29,31,33,37-38H,16-19,24-27H2,1-5H3.